The molecule has 0 aliphatic carbocycles. The van der Waals surface area contributed by atoms with Crippen molar-refractivity contribution in [2.24, 2.45) is 0 Å². The highest BCUT2D eigenvalue weighted by atomic mass is 32.2. The minimum absolute atomic E-state index is 0.351. The van der Waals surface area contributed by atoms with Gasteiger partial charge in [0.15, 0.2) is 0 Å². The van der Waals surface area contributed by atoms with Crippen LogP contribution < -0.4 is 0 Å². The van der Waals surface area contributed by atoms with Crippen LogP contribution in [-0.2, 0) is 4.57 Å². The van der Waals surface area contributed by atoms with Crippen LogP contribution in [-0.4, -0.2) is 48.9 Å². The molecule has 0 fully saturated rings. The van der Waals surface area contributed by atoms with Gasteiger partial charge in [0.05, 0.1) is 6.61 Å². The fourth-order valence-electron chi connectivity index (χ4n) is 2.49. The van der Waals surface area contributed by atoms with E-state index in [1.807, 2.05) is 23.5 Å². The van der Waals surface area contributed by atoms with E-state index >= 15 is 0 Å². The smallest absolute Gasteiger partial charge is 0.395 e. The molecule has 0 rings (SSSR count). The largest absolute Gasteiger partial charge is 0.466 e. The van der Waals surface area contributed by atoms with Gasteiger partial charge in [0.1, 0.15) is 0 Å². The first-order valence-electron chi connectivity index (χ1n) is 10.4. The van der Waals surface area contributed by atoms with E-state index in [0.717, 1.165) is 5.75 Å². The highest BCUT2D eigenvalue weighted by Gasteiger charge is 2.07. The van der Waals surface area contributed by atoms with Crippen molar-refractivity contribution in [2.75, 3.05) is 23.9 Å². The van der Waals surface area contributed by atoms with Gasteiger partial charge < -0.3 is 19.8 Å². The van der Waals surface area contributed by atoms with Gasteiger partial charge in [0.2, 0.25) is 0 Å². The van der Waals surface area contributed by atoms with Gasteiger partial charge in [-0.05, 0) is 24.3 Å². The molecule has 4 N–H and O–H groups in total. The summed E-state index contributed by atoms with van der Waals surface area (Å²) in [5.41, 5.74) is 0. The van der Waals surface area contributed by atoms with Crippen molar-refractivity contribution >= 4 is 31.3 Å². The van der Waals surface area contributed by atoms with Crippen LogP contribution in [0.3, 0.4) is 0 Å². The van der Waals surface area contributed by atoms with Gasteiger partial charge in [-0.3, -0.25) is 0 Å². The second-order valence-corrected chi connectivity index (χ2v) is 10.4. The molecule has 166 valence electrons. The van der Waals surface area contributed by atoms with Gasteiger partial charge in [-0.1, -0.05) is 78.1 Å². The molecular weight excluding hydrogens is 403 g/mol. The summed E-state index contributed by atoms with van der Waals surface area (Å²) in [5.74, 6) is 3.64. The van der Waals surface area contributed by atoms with E-state index < -0.39 is 7.82 Å². The van der Waals surface area contributed by atoms with Crippen molar-refractivity contribution in [3.63, 3.8) is 0 Å². The number of aliphatic hydroxyl groups excluding tert-OH is 1. The van der Waals surface area contributed by atoms with Gasteiger partial charge in [-0.25, -0.2) is 4.57 Å². The fourth-order valence-corrected chi connectivity index (χ4v) is 4.91. The molecule has 27 heavy (non-hydrogen) atoms. The summed E-state index contributed by atoms with van der Waals surface area (Å²) in [6.07, 6.45) is 16.5. The van der Waals surface area contributed by atoms with Gasteiger partial charge in [0.25, 0.3) is 0 Å². The molecule has 0 aliphatic heterocycles. The van der Waals surface area contributed by atoms with E-state index in [4.69, 9.17) is 19.2 Å². The fraction of sp³-hybridized carbons (Fsp3) is 1.00. The Hall–Kier alpha value is 0.770. The third-order valence-electron chi connectivity index (χ3n) is 4.00. The van der Waals surface area contributed by atoms with Crippen LogP contribution in [0.1, 0.15) is 90.9 Å². The third-order valence-corrected chi connectivity index (χ3v) is 6.74. The molecule has 0 aromatic heterocycles. The summed E-state index contributed by atoms with van der Waals surface area (Å²) in [7, 11) is -4.64. The zero-order valence-electron chi connectivity index (χ0n) is 17.4. The summed E-state index contributed by atoms with van der Waals surface area (Å²) in [6.45, 7) is 4.89. The number of phosphoric acid groups is 1. The Labute approximate surface area is 175 Å². The zero-order valence-corrected chi connectivity index (χ0v) is 19.9. The molecule has 0 radical (unpaired) electrons. The van der Waals surface area contributed by atoms with Crippen LogP contribution >= 0.6 is 31.3 Å². The van der Waals surface area contributed by atoms with Gasteiger partial charge >= 0.3 is 7.82 Å². The van der Waals surface area contributed by atoms with E-state index in [2.05, 4.69) is 13.8 Å². The molecule has 0 aromatic carbocycles. The lowest BCUT2D eigenvalue weighted by molar-refractivity contribution is 0.275. The molecule has 0 spiro atoms. The molecule has 0 saturated carbocycles. The van der Waals surface area contributed by atoms with Crippen molar-refractivity contribution < 1.29 is 24.4 Å². The Kier molecular flexibility index (Phi) is 25.6. The Morgan fingerprint density at radius 2 is 1.15 bits per heavy atom. The molecule has 1 unspecified atom stereocenters. The standard InChI is InChI=1S/C19H40OS2.H3O4P/c1-3-5-7-9-11-13-15-21-18-19(17-20)22-16-14-12-10-8-6-4-2;1-5(2,3)4/h19-20H,3-18H2,1-2H3;(H3,1,2,3,4). The first-order chi connectivity index (χ1) is 12.8. The van der Waals surface area contributed by atoms with Crippen LogP contribution in [0.5, 0.6) is 0 Å². The molecule has 0 aliphatic rings. The zero-order chi connectivity index (χ0) is 20.8. The van der Waals surface area contributed by atoms with E-state index in [-0.39, 0.29) is 0 Å². The maximum Gasteiger partial charge on any atom is 0.466 e. The van der Waals surface area contributed by atoms with Gasteiger partial charge in [-0.2, -0.15) is 23.5 Å². The molecule has 8 heteroatoms. The topological polar surface area (TPSA) is 98.0 Å². The minimum Gasteiger partial charge on any atom is -0.395 e. The number of thioether (sulfide) groups is 2. The van der Waals surface area contributed by atoms with Crippen molar-refractivity contribution in [2.45, 2.75) is 96.1 Å². The SMILES string of the molecule is CCCCCCCCSCC(CO)SCCCCCCCC.O=P(O)(O)O. The van der Waals surface area contributed by atoms with E-state index in [1.54, 1.807) is 0 Å². The average molecular weight is 447 g/mol. The summed E-state index contributed by atoms with van der Waals surface area (Å²) < 4.78 is 8.88. The highest BCUT2D eigenvalue weighted by molar-refractivity contribution is 8.03. The van der Waals surface area contributed by atoms with Crippen molar-refractivity contribution in [3.05, 3.63) is 0 Å². The van der Waals surface area contributed by atoms with Gasteiger partial charge in [0, 0.05) is 11.0 Å². The molecule has 0 amide bonds. The number of aliphatic hydroxyl groups is 1. The van der Waals surface area contributed by atoms with Crippen molar-refractivity contribution in [3.8, 4) is 0 Å². The van der Waals surface area contributed by atoms with Crippen LogP contribution in [0.25, 0.3) is 0 Å². The lowest BCUT2D eigenvalue weighted by atomic mass is 10.1. The maximum absolute atomic E-state index is 9.46. The first-order valence-corrected chi connectivity index (χ1v) is 14.2. The number of hydrogen-bond donors (Lipinski definition) is 4. The van der Waals surface area contributed by atoms with Crippen LogP contribution in [0.2, 0.25) is 0 Å². The lowest BCUT2D eigenvalue weighted by Gasteiger charge is -2.13. The summed E-state index contributed by atoms with van der Waals surface area (Å²) >= 11 is 4.03. The first kappa shape index (κ1) is 30.0. The molecule has 5 nitrogen and oxygen atoms in total. The van der Waals surface area contributed by atoms with Crippen LogP contribution in [0.4, 0.5) is 0 Å². The van der Waals surface area contributed by atoms with Crippen molar-refractivity contribution in [1.29, 1.82) is 0 Å². The third kappa shape index (κ3) is 34.7. The number of hydrogen-bond acceptors (Lipinski definition) is 4. The Morgan fingerprint density at radius 3 is 1.59 bits per heavy atom. The quantitative estimate of drug-likeness (QED) is 0.160. The Morgan fingerprint density at radius 1 is 0.741 bits per heavy atom. The normalized spacial score (nSPS) is 12.5. The molecule has 0 heterocycles. The predicted molar refractivity (Wildman–Crippen MR) is 122 cm³/mol. The minimum atomic E-state index is -4.64. The Bertz CT molecular complexity index is 321. The molecule has 1 atom stereocenters. The Balaban J connectivity index is 0. The second kappa shape index (κ2) is 23.1. The monoisotopic (exact) mass is 446 g/mol. The predicted octanol–water partition coefficient (Wildman–Crippen LogP) is 5.61. The average Bonchev–Trinajstić information content (AvgIpc) is 2.60. The van der Waals surface area contributed by atoms with E-state index in [9.17, 15) is 5.11 Å². The second-order valence-electron chi connectivity index (χ2n) is 6.80. The lowest BCUT2D eigenvalue weighted by Crippen LogP contribution is -2.13. The summed E-state index contributed by atoms with van der Waals surface area (Å²) in [6, 6.07) is 0. The molecule has 0 aromatic rings. The number of unbranched alkanes of at least 4 members (excludes halogenated alkanes) is 10. The highest BCUT2D eigenvalue weighted by Crippen LogP contribution is 2.25. The van der Waals surface area contributed by atoms with Crippen LogP contribution in [0.15, 0.2) is 0 Å². The van der Waals surface area contributed by atoms with Crippen molar-refractivity contribution in [1.82, 2.24) is 0 Å². The van der Waals surface area contributed by atoms with Gasteiger partial charge in [-0.15, -0.1) is 0 Å². The summed E-state index contributed by atoms with van der Waals surface area (Å²) in [4.78, 5) is 21.6. The van der Waals surface area contributed by atoms with E-state index in [1.165, 1.54) is 88.6 Å². The summed E-state index contributed by atoms with van der Waals surface area (Å²) in [5, 5.41) is 9.92. The number of rotatable bonds is 18. The molecule has 0 saturated heterocycles. The molecule has 0 bridgehead atoms. The maximum atomic E-state index is 9.46. The van der Waals surface area contributed by atoms with E-state index in [0.29, 0.717) is 11.9 Å². The molecular formula is C19H43O5PS2. The van der Waals surface area contributed by atoms with Crippen LogP contribution in [0, 0.1) is 0 Å².